The van der Waals surface area contributed by atoms with E-state index in [2.05, 4.69) is 51.2 Å². The van der Waals surface area contributed by atoms with E-state index < -0.39 is 0 Å². The normalized spacial score (nSPS) is 11.8. The Kier molecular flexibility index (Phi) is 4.92. The summed E-state index contributed by atoms with van der Waals surface area (Å²) in [7, 11) is 3.00. The Bertz CT molecular complexity index is 1100. The standard InChI is InChI=1S/C20H18N10O2/c1-31-19-27-15-21-11-5-3-7-13(9-11)23-17-26-18(30-20(29-17)32-2)24-14-8-4-6-12(10-14)22-16(25-15)28-19/h3-10H,1-2H3,(H2,21,22,25,27,28)(H2,23,24,26,29,30). The van der Waals surface area contributed by atoms with Gasteiger partial charge in [-0.05, 0) is 36.4 Å². The minimum atomic E-state index is 0.175. The fraction of sp³-hybridized carbons (Fsp3) is 0.100. The summed E-state index contributed by atoms with van der Waals surface area (Å²) >= 11 is 0. The average Bonchev–Trinajstić information content (AvgIpc) is 2.78. The minimum Gasteiger partial charge on any atom is -0.467 e. The Morgan fingerprint density at radius 3 is 1.09 bits per heavy atom. The highest BCUT2D eigenvalue weighted by Gasteiger charge is 2.12. The molecule has 0 aliphatic carbocycles. The predicted molar refractivity (Wildman–Crippen MR) is 119 cm³/mol. The van der Waals surface area contributed by atoms with Gasteiger partial charge in [-0.1, -0.05) is 12.1 Å². The van der Waals surface area contributed by atoms with Crippen molar-refractivity contribution >= 4 is 46.5 Å². The highest BCUT2D eigenvalue weighted by atomic mass is 16.5. The second-order valence-electron chi connectivity index (χ2n) is 6.60. The van der Waals surface area contributed by atoms with E-state index in [0.717, 1.165) is 22.7 Å². The third-order valence-corrected chi connectivity index (χ3v) is 4.34. The van der Waals surface area contributed by atoms with Gasteiger partial charge in [0.05, 0.1) is 14.2 Å². The van der Waals surface area contributed by atoms with Crippen LogP contribution in [0.2, 0.25) is 0 Å². The molecule has 0 spiro atoms. The summed E-state index contributed by atoms with van der Waals surface area (Å²) < 4.78 is 10.5. The second-order valence-corrected chi connectivity index (χ2v) is 6.60. The van der Waals surface area contributed by atoms with Crippen molar-refractivity contribution in [3.05, 3.63) is 48.5 Å². The molecular formula is C20H18N10O2. The molecule has 160 valence electrons. The van der Waals surface area contributed by atoms with E-state index in [4.69, 9.17) is 9.47 Å². The number of benzene rings is 2. The summed E-state index contributed by atoms with van der Waals surface area (Å²) in [6.45, 7) is 0. The van der Waals surface area contributed by atoms with Crippen LogP contribution in [0.15, 0.2) is 48.5 Å². The monoisotopic (exact) mass is 430 g/mol. The summed E-state index contributed by atoms with van der Waals surface area (Å²) in [5, 5.41) is 12.7. The van der Waals surface area contributed by atoms with Crippen molar-refractivity contribution in [3.8, 4) is 12.0 Å². The molecule has 5 rings (SSSR count). The third kappa shape index (κ3) is 4.23. The molecule has 4 aromatic rings. The Morgan fingerprint density at radius 2 is 0.812 bits per heavy atom. The van der Waals surface area contributed by atoms with Gasteiger partial charge >= 0.3 is 12.0 Å². The van der Waals surface area contributed by atoms with Crippen LogP contribution in [0.3, 0.4) is 0 Å². The number of hydrogen-bond donors (Lipinski definition) is 4. The van der Waals surface area contributed by atoms with Crippen LogP contribution in [0.5, 0.6) is 12.0 Å². The number of rotatable bonds is 2. The Morgan fingerprint density at radius 1 is 0.500 bits per heavy atom. The topological polar surface area (TPSA) is 144 Å². The molecule has 0 radical (unpaired) electrons. The Hall–Kier alpha value is -4.74. The molecule has 0 fully saturated rings. The Labute approximate surface area is 182 Å². The van der Waals surface area contributed by atoms with Crippen molar-refractivity contribution in [1.29, 1.82) is 0 Å². The van der Waals surface area contributed by atoms with Crippen LogP contribution in [0.1, 0.15) is 0 Å². The first-order valence-corrected chi connectivity index (χ1v) is 9.55. The molecule has 12 heteroatoms. The average molecular weight is 430 g/mol. The number of nitrogens with zero attached hydrogens (tertiary/aromatic N) is 6. The number of nitrogens with one attached hydrogen (secondary N) is 4. The molecule has 32 heavy (non-hydrogen) atoms. The lowest BCUT2D eigenvalue weighted by Gasteiger charge is -2.13. The Balaban J connectivity index is 1.63. The number of hydrogen-bond acceptors (Lipinski definition) is 12. The van der Waals surface area contributed by atoms with Crippen LogP contribution in [-0.4, -0.2) is 44.1 Å². The molecule has 0 atom stereocenters. The zero-order valence-electron chi connectivity index (χ0n) is 17.1. The van der Waals surface area contributed by atoms with E-state index >= 15 is 0 Å². The van der Waals surface area contributed by atoms with Gasteiger partial charge in [-0.2, -0.15) is 29.9 Å². The summed E-state index contributed by atoms with van der Waals surface area (Å²) in [6.07, 6.45) is 0. The maximum Gasteiger partial charge on any atom is 0.322 e. The largest absolute Gasteiger partial charge is 0.467 e. The number of fused-ring (bicyclic) bond motifs is 8. The van der Waals surface area contributed by atoms with Crippen LogP contribution in [-0.2, 0) is 0 Å². The van der Waals surface area contributed by atoms with Crippen LogP contribution in [0.25, 0.3) is 0 Å². The van der Waals surface area contributed by atoms with Gasteiger partial charge < -0.3 is 30.7 Å². The van der Waals surface area contributed by atoms with Gasteiger partial charge in [-0.25, -0.2) is 0 Å². The van der Waals surface area contributed by atoms with Crippen LogP contribution in [0.4, 0.5) is 46.5 Å². The van der Waals surface area contributed by atoms with Crippen LogP contribution < -0.4 is 30.7 Å². The predicted octanol–water partition coefficient (Wildman–Crippen LogP) is 3.36. The maximum absolute atomic E-state index is 5.23. The maximum atomic E-state index is 5.23. The van der Waals surface area contributed by atoms with Crippen LogP contribution in [0, 0.1) is 0 Å². The molecule has 8 bridgehead atoms. The molecule has 2 aromatic heterocycles. The lowest BCUT2D eigenvalue weighted by atomic mass is 10.2. The molecule has 0 unspecified atom stereocenters. The summed E-state index contributed by atoms with van der Waals surface area (Å²) in [5.74, 6) is 1.29. The summed E-state index contributed by atoms with van der Waals surface area (Å²) in [4.78, 5) is 26.0. The first-order chi connectivity index (χ1) is 15.7. The van der Waals surface area contributed by atoms with Crippen LogP contribution >= 0.6 is 0 Å². The lowest BCUT2D eigenvalue weighted by molar-refractivity contribution is 0.379. The molecule has 0 saturated heterocycles. The quantitative estimate of drug-likeness (QED) is 0.326. The number of methoxy groups -OCH3 is 2. The first kappa shape index (κ1) is 19.2. The fourth-order valence-electron chi connectivity index (χ4n) is 2.98. The molecule has 4 N–H and O–H groups in total. The van der Waals surface area contributed by atoms with Crippen molar-refractivity contribution in [2.45, 2.75) is 0 Å². The van der Waals surface area contributed by atoms with E-state index in [1.54, 1.807) is 0 Å². The molecule has 12 nitrogen and oxygen atoms in total. The van der Waals surface area contributed by atoms with Gasteiger partial charge in [0, 0.05) is 22.7 Å². The summed E-state index contributed by atoms with van der Waals surface area (Å²) in [5.41, 5.74) is 2.95. The molecule has 0 saturated carbocycles. The zero-order valence-corrected chi connectivity index (χ0v) is 17.1. The fourth-order valence-corrected chi connectivity index (χ4v) is 2.98. The molecule has 1 aliphatic heterocycles. The van der Waals surface area contributed by atoms with E-state index in [0.29, 0.717) is 23.8 Å². The number of aromatic nitrogens is 6. The summed E-state index contributed by atoms with van der Waals surface area (Å²) in [6, 6.07) is 15.3. The van der Waals surface area contributed by atoms with Crippen molar-refractivity contribution in [2.24, 2.45) is 0 Å². The van der Waals surface area contributed by atoms with E-state index in [1.165, 1.54) is 14.2 Å². The van der Waals surface area contributed by atoms with Gasteiger partial charge in [-0.15, -0.1) is 0 Å². The van der Waals surface area contributed by atoms with Crippen molar-refractivity contribution in [1.82, 2.24) is 29.9 Å². The minimum absolute atomic E-state index is 0.175. The molecular weight excluding hydrogens is 412 g/mol. The highest BCUT2D eigenvalue weighted by molar-refractivity contribution is 5.68. The molecule has 2 aromatic carbocycles. The smallest absolute Gasteiger partial charge is 0.322 e. The lowest BCUT2D eigenvalue weighted by Crippen LogP contribution is -2.08. The molecule has 3 heterocycles. The van der Waals surface area contributed by atoms with Gasteiger partial charge in [0.2, 0.25) is 23.8 Å². The highest BCUT2D eigenvalue weighted by Crippen LogP contribution is 2.26. The van der Waals surface area contributed by atoms with Gasteiger partial charge in [0.15, 0.2) is 0 Å². The molecule has 1 aliphatic rings. The third-order valence-electron chi connectivity index (χ3n) is 4.34. The van der Waals surface area contributed by atoms with Crippen molar-refractivity contribution in [3.63, 3.8) is 0 Å². The number of anilines is 8. The van der Waals surface area contributed by atoms with E-state index in [9.17, 15) is 0 Å². The SMILES string of the molecule is COc1nc2nc(n1)Nc1cccc(c1)Nc1nc(nc(OC)n1)Nc1cccc(c1)N2. The van der Waals surface area contributed by atoms with Gasteiger partial charge in [0.1, 0.15) is 0 Å². The van der Waals surface area contributed by atoms with Crippen molar-refractivity contribution in [2.75, 3.05) is 35.5 Å². The number of ether oxygens (including phenoxy) is 2. The van der Waals surface area contributed by atoms with Gasteiger partial charge in [0.25, 0.3) is 0 Å². The zero-order chi connectivity index (χ0) is 21.9. The molecule has 0 amide bonds. The van der Waals surface area contributed by atoms with Gasteiger partial charge in [-0.3, -0.25) is 0 Å². The van der Waals surface area contributed by atoms with E-state index in [1.807, 2.05) is 48.5 Å². The second kappa shape index (κ2) is 8.18. The van der Waals surface area contributed by atoms with Crippen molar-refractivity contribution < 1.29 is 9.47 Å². The van der Waals surface area contributed by atoms with E-state index in [-0.39, 0.29) is 12.0 Å². The first-order valence-electron chi connectivity index (χ1n) is 9.55.